The topological polar surface area (TPSA) is 101 Å². The number of hydrogen-bond acceptors (Lipinski definition) is 5. The summed E-state index contributed by atoms with van der Waals surface area (Å²) in [5.74, 6) is -1.31. The Morgan fingerprint density at radius 3 is 2.26 bits per heavy atom. The summed E-state index contributed by atoms with van der Waals surface area (Å²) < 4.78 is 0.814. The summed E-state index contributed by atoms with van der Waals surface area (Å²) in [5.41, 5.74) is -0.201. The molecular formula is C22H22BrN3O5. The van der Waals surface area contributed by atoms with Crippen LogP contribution in [0, 0.1) is 10.1 Å². The third kappa shape index (κ3) is 4.36. The minimum atomic E-state index is -0.964. The second-order valence-corrected chi connectivity index (χ2v) is 8.82. The van der Waals surface area contributed by atoms with Gasteiger partial charge in [0.25, 0.3) is 17.5 Å². The highest BCUT2D eigenvalue weighted by Gasteiger charge is 2.48. The summed E-state index contributed by atoms with van der Waals surface area (Å²) in [6.45, 7) is 5.55. The Morgan fingerprint density at radius 2 is 1.74 bits per heavy atom. The van der Waals surface area contributed by atoms with E-state index in [2.05, 4.69) is 15.9 Å². The number of carbonyl (C=O) groups excluding carboxylic acids is 3. The van der Waals surface area contributed by atoms with E-state index < -0.39 is 28.3 Å². The lowest BCUT2D eigenvalue weighted by Crippen LogP contribution is -2.55. The highest BCUT2D eigenvalue weighted by atomic mass is 79.9. The van der Waals surface area contributed by atoms with E-state index in [1.54, 1.807) is 24.3 Å². The number of rotatable bonds is 6. The Hall–Kier alpha value is -3.07. The Bertz CT molecular complexity index is 1030. The summed E-state index contributed by atoms with van der Waals surface area (Å²) in [5, 5.41) is 10.9. The molecule has 9 heteroatoms. The Kier molecular flexibility index (Phi) is 6.26. The molecule has 0 aliphatic carbocycles. The van der Waals surface area contributed by atoms with E-state index >= 15 is 0 Å². The molecule has 1 atom stereocenters. The van der Waals surface area contributed by atoms with Crippen LogP contribution in [-0.2, 0) is 9.59 Å². The van der Waals surface area contributed by atoms with Gasteiger partial charge in [-0.2, -0.15) is 0 Å². The SMILES string of the molecule is CCC(C)(C)N(C(=O)c1ccc([N+](=O)[O-])cc1)C1CC(=O)N(c2ccc(Br)cc2)C1=O. The first-order valence-electron chi connectivity index (χ1n) is 9.77. The van der Waals surface area contributed by atoms with E-state index in [4.69, 9.17) is 0 Å². The van der Waals surface area contributed by atoms with Crippen molar-refractivity contribution in [1.82, 2.24) is 4.90 Å². The Morgan fingerprint density at radius 1 is 1.16 bits per heavy atom. The summed E-state index contributed by atoms with van der Waals surface area (Å²) >= 11 is 3.33. The first-order valence-corrected chi connectivity index (χ1v) is 10.6. The van der Waals surface area contributed by atoms with Crippen LogP contribution in [0.25, 0.3) is 0 Å². The van der Waals surface area contributed by atoms with Crippen molar-refractivity contribution in [3.8, 4) is 0 Å². The van der Waals surface area contributed by atoms with Gasteiger partial charge in [-0.05, 0) is 56.7 Å². The molecule has 31 heavy (non-hydrogen) atoms. The standard InChI is InChI=1S/C22H22BrN3O5/c1-4-22(2,3)25(20(28)14-5-9-17(10-6-14)26(30)31)18-13-19(27)24(21(18)29)16-11-7-15(23)8-12-16/h5-12,18H,4,13H2,1-3H3. The smallest absolute Gasteiger partial charge is 0.269 e. The lowest BCUT2D eigenvalue weighted by molar-refractivity contribution is -0.384. The molecule has 1 fully saturated rings. The number of imide groups is 1. The maximum absolute atomic E-state index is 13.4. The normalized spacial score (nSPS) is 16.5. The molecule has 3 amide bonds. The van der Waals surface area contributed by atoms with E-state index in [0.29, 0.717) is 12.1 Å². The van der Waals surface area contributed by atoms with E-state index in [-0.39, 0.29) is 23.6 Å². The van der Waals surface area contributed by atoms with E-state index in [0.717, 1.165) is 9.37 Å². The highest BCUT2D eigenvalue weighted by molar-refractivity contribution is 9.10. The maximum Gasteiger partial charge on any atom is 0.269 e. The molecule has 8 nitrogen and oxygen atoms in total. The largest absolute Gasteiger partial charge is 0.321 e. The van der Waals surface area contributed by atoms with Crippen molar-refractivity contribution in [2.45, 2.75) is 45.2 Å². The van der Waals surface area contributed by atoms with Gasteiger partial charge in [0.05, 0.1) is 17.0 Å². The molecule has 2 aromatic carbocycles. The van der Waals surface area contributed by atoms with Crippen molar-refractivity contribution in [1.29, 1.82) is 0 Å². The number of nitrogens with zero attached hydrogens (tertiary/aromatic N) is 3. The Balaban J connectivity index is 1.98. The number of hydrogen-bond donors (Lipinski definition) is 0. The molecule has 1 aliphatic heterocycles. The number of halogens is 1. The van der Waals surface area contributed by atoms with Crippen molar-refractivity contribution in [2.75, 3.05) is 4.90 Å². The number of carbonyl (C=O) groups is 3. The van der Waals surface area contributed by atoms with Crippen LogP contribution in [0.5, 0.6) is 0 Å². The van der Waals surface area contributed by atoms with Crippen LogP contribution in [0.4, 0.5) is 11.4 Å². The van der Waals surface area contributed by atoms with Gasteiger partial charge in [-0.1, -0.05) is 22.9 Å². The molecular weight excluding hydrogens is 466 g/mol. The average Bonchev–Trinajstić information content (AvgIpc) is 3.02. The van der Waals surface area contributed by atoms with Crippen LogP contribution in [0.1, 0.15) is 44.0 Å². The molecule has 162 valence electrons. The van der Waals surface area contributed by atoms with Crippen molar-refractivity contribution in [3.63, 3.8) is 0 Å². The summed E-state index contributed by atoms with van der Waals surface area (Å²) in [4.78, 5) is 52.4. The fourth-order valence-corrected chi connectivity index (χ4v) is 3.82. The summed E-state index contributed by atoms with van der Waals surface area (Å²) in [7, 11) is 0. The quantitative estimate of drug-likeness (QED) is 0.343. The van der Waals surface area contributed by atoms with Crippen molar-refractivity contribution < 1.29 is 19.3 Å². The van der Waals surface area contributed by atoms with Crippen LogP contribution >= 0.6 is 15.9 Å². The minimum Gasteiger partial charge on any atom is -0.321 e. The lowest BCUT2D eigenvalue weighted by Gasteiger charge is -2.41. The van der Waals surface area contributed by atoms with Crippen LogP contribution in [0.15, 0.2) is 53.0 Å². The van der Waals surface area contributed by atoms with Crippen molar-refractivity contribution in [2.24, 2.45) is 0 Å². The third-order valence-electron chi connectivity index (χ3n) is 5.58. The van der Waals surface area contributed by atoms with Crippen molar-refractivity contribution >= 4 is 45.0 Å². The van der Waals surface area contributed by atoms with Crippen molar-refractivity contribution in [3.05, 3.63) is 68.7 Å². The number of nitro groups is 1. The number of anilines is 1. The van der Waals surface area contributed by atoms with E-state index in [1.807, 2.05) is 20.8 Å². The van der Waals surface area contributed by atoms with Crippen LogP contribution in [0.3, 0.4) is 0 Å². The monoisotopic (exact) mass is 487 g/mol. The molecule has 0 radical (unpaired) electrons. The van der Waals surface area contributed by atoms with E-state index in [1.165, 1.54) is 29.2 Å². The van der Waals surface area contributed by atoms with Gasteiger partial charge < -0.3 is 4.90 Å². The molecule has 0 bridgehead atoms. The highest BCUT2D eigenvalue weighted by Crippen LogP contribution is 2.33. The second kappa shape index (κ2) is 8.58. The predicted octanol–water partition coefficient (Wildman–Crippen LogP) is 4.32. The molecule has 1 aliphatic rings. The molecule has 3 rings (SSSR count). The lowest BCUT2D eigenvalue weighted by atomic mass is 9.94. The van der Waals surface area contributed by atoms with Gasteiger partial charge in [-0.3, -0.25) is 24.5 Å². The van der Waals surface area contributed by atoms with Gasteiger partial charge in [-0.15, -0.1) is 0 Å². The van der Waals surface area contributed by atoms with Gasteiger partial charge in [0.15, 0.2) is 0 Å². The second-order valence-electron chi connectivity index (χ2n) is 7.91. The first kappa shape index (κ1) is 22.6. The zero-order valence-electron chi connectivity index (χ0n) is 17.4. The molecule has 1 unspecified atom stereocenters. The summed E-state index contributed by atoms with van der Waals surface area (Å²) in [6, 6.07) is 11.1. The number of nitro benzene ring substituents is 1. The third-order valence-corrected chi connectivity index (χ3v) is 6.11. The van der Waals surface area contributed by atoms with Gasteiger partial charge in [0, 0.05) is 27.7 Å². The zero-order valence-corrected chi connectivity index (χ0v) is 19.0. The maximum atomic E-state index is 13.4. The molecule has 0 saturated carbocycles. The van der Waals surface area contributed by atoms with Gasteiger partial charge in [-0.25, -0.2) is 4.90 Å². The van der Waals surface area contributed by atoms with Crippen LogP contribution in [-0.4, -0.2) is 39.1 Å². The fraction of sp³-hybridized carbons (Fsp3) is 0.318. The summed E-state index contributed by atoms with van der Waals surface area (Å²) in [6.07, 6.45) is 0.416. The number of non-ortho nitro benzene ring substituents is 1. The molecule has 0 spiro atoms. The predicted molar refractivity (Wildman–Crippen MR) is 119 cm³/mol. The molecule has 1 heterocycles. The Labute approximate surface area is 188 Å². The minimum absolute atomic E-state index is 0.128. The molecule has 0 N–H and O–H groups in total. The molecule has 2 aromatic rings. The van der Waals surface area contributed by atoms with Gasteiger partial charge in [0.1, 0.15) is 6.04 Å². The molecule has 0 aromatic heterocycles. The van der Waals surface area contributed by atoms with Gasteiger partial charge in [0.2, 0.25) is 5.91 Å². The average molecular weight is 488 g/mol. The van der Waals surface area contributed by atoms with Crippen LogP contribution in [0.2, 0.25) is 0 Å². The molecule has 1 saturated heterocycles. The number of amides is 3. The van der Waals surface area contributed by atoms with Gasteiger partial charge >= 0.3 is 0 Å². The first-order chi connectivity index (χ1) is 14.6. The van der Waals surface area contributed by atoms with Crippen LogP contribution < -0.4 is 4.90 Å². The number of benzene rings is 2. The fourth-order valence-electron chi connectivity index (χ4n) is 3.55. The van der Waals surface area contributed by atoms with E-state index in [9.17, 15) is 24.5 Å². The zero-order chi connectivity index (χ0) is 22.9.